The van der Waals surface area contributed by atoms with Gasteiger partial charge in [-0.15, -0.1) is 0 Å². The standard InChI is InChI=1S/C20H20Cl2N4O4S/c1-11-3-4-14-15(21)8-16(22)20(19(14)23-11)30-9-18(27)24-17-7-12(2)25-26(17)13-5-6-31(28,29)10-13/h3-4,7-8,13H,5-6,9-10H2,1-2H3,(H,24,27). The average Bonchev–Trinajstić information content (AvgIpc) is 3.22. The second kappa shape index (κ2) is 8.29. The van der Waals surface area contributed by atoms with Gasteiger partial charge in [0.2, 0.25) is 0 Å². The second-order valence-electron chi connectivity index (χ2n) is 7.53. The van der Waals surface area contributed by atoms with Gasteiger partial charge < -0.3 is 10.1 Å². The lowest BCUT2D eigenvalue weighted by Gasteiger charge is -2.15. The Balaban J connectivity index is 1.52. The predicted octanol–water partition coefficient (Wildman–Crippen LogP) is 3.73. The van der Waals surface area contributed by atoms with E-state index in [-0.39, 0.29) is 34.9 Å². The molecule has 0 aliphatic carbocycles. The van der Waals surface area contributed by atoms with Crippen molar-refractivity contribution in [1.29, 1.82) is 0 Å². The summed E-state index contributed by atoms with van der Waals surface area (Å²) in [4.78, 5) is 17.0. The minimum atomic E-state index is -3.09. The lowest BCUT2D eigenvalue weighted by atomic mass is 10.2. The van der Waals surface area contributed by atoms with Crippen molar-refractivity contribution in [3.63, 3.8) is 0 Å². The first-order valence-corrected chi connectivity index (χ1v) is 12.2. The van der Waals surface area contributed by atoms with E-state index in [2.05, 4.69) is 15.4 Å². The molecule has 3 aromatic rings. The zero-order chi connectivity index (χ0) is 22.3. The Hall–Kier alpha value is -2.36. The normalized spacial score (nSPS) is 17.7. The number of sulfone groups is 1. The number of amides is 1. The number of pyridine rings is 1. The predicted molar refractivity (Wildman–Crippen MR) is 120 cm³/mol. The molecule has 1 unspecified atom stereocenters. The number of ether oxygens (including phenoxy) is 1. The molecule has 1 saturated heterocycles. The first-order chi connectivity index (χ1) is 14.6. The van der Waals surface area contributed by atoms with Crippen LogP contribution in [0.2, 0.25) is 10.0 Å². The number of hydrogen-bond acceptors (Lipinski definition) is 6. The van der Waals surface area contributed by atoms with Crippen LogP contribution in [0, 0.1) is 13.8 Å². The lowest BCUT2D eigenvalue weighted by Crippen LogP contribution is -2.24. The third kappa shape index (κ3) is 4.63. The zero-order valence-electron chi connectivity index (χ0n) is 16.9. The number of rotatable bonds is 5. The number of nitrogens with zero attached hydrogens (tertiary/aromatic N) is 3. The summed E-state index contributed by atoms with van der Waals surface area (Å²) in [5.41, 5.74) is 1.90. The Morgan fingerprint density at radius 3 is 2.71 bits per heavy atom. The Kier molecular flexibility index (Phi) is 5.85. The van der Waals surface area contributed by atoms with E-state index in [1.165, 1.54) is 0 Å². The first-order valence-electron chi connectivity index (χ1n) is 9.57. The molecule has 1 aliphatic heterocycles. The average molecular weight is 483 g/mol. The minimum Gasteiger partial charge on any atom is -0.480 e. The number of halogens is 2. The summed E-state index contributed by atoms with van der Waals surface area (Å²) < 4.78 is 30.9. The maximum atomic E-state index is 12.6. The summed E-state index contributed by atoms with van der Waals surface area (Å²) in [6.07, 6.45) is 0.459. The molecule has 11 heteroatoms. The molecule has 31 heavy (non-hydrogen) atoms. The topological polar surface area (TPSA) is 103 Å². The van der Waals surface area contributed by atoms with Gasteiger partial charge in [-0.25, -0.2) is 18.1 Å². The molecule has 1 atom stereocenters. The van der Waals surface area contributed by atoms with E-state index in [0.717, 1.165) is 5.69 Å². The van der Waals surface area contributed by atoms with E-state index in [4.69, 9.17) is 27.9 Å². The van der Waals surface area contributed by atoms with Crippen LogP contribution in [0.1, 0.15) is 23.9 Å². The van der Waals surface area contributed by atoms with Crippen LogP contribution in [0.3, 0.4) is 0 Å². The molecule has 4 rings (SSSR count). The fraction of sp³-hybridized carbons (Fsp3) is 0.350. The van der Waals surface area contributed by atoms with Crippen molar-refractivity contribution in [3.8, 4) is 5.75 Å². The molecular weight excluding hydrogens is 463 g/mol. The largest absolute Gasteiger partial charge is 0.480 e. The van der Waals surface area contributed by atoms with Crippen molar-refractivity contribution in [1.82, 2.24) is 14.8 Å². The number of aryl methyl sites for hydroxylation is 2. The molecule has 1 aliphatic rings. The number of hydrogen-bond donors (Lipinski definition) is 1. The maximum Gasteiger partial charge on any atom is 0.263 e. The summed E-state index contributed by atoms with van der Waals surface area (Å²) in [5.74, 6) is 0.376. The van der Waals surface area contributed by atoms with Crippen molar-refractivity contribution in [3.05, 3.63) is 45.7 Å². The van der Waals surface area contributed by atoms with Gasteiger partial charge in [-0.2, -0.15) is 5.10 Å². The Morgan fingerprint density at radius 2 is 2.00 bits per heavy atom. The smallest absolute Gasteiger partial charge is 0.263 e. The fourth-order valence-corrected chi connectivity index (χ4v) is 5.86. The van der Waals surface area contributed by atoms with E-state index < -0.39 is 15.7 Å². The summed E-state index contributed by atoms with van der Waals surface area (Å²) in [7, 11) is -3.09. The third-order valence-corrected chi connectivity index (χ3v) is 7.35. The molecule has 2 aromatic heterocycles. The van der Waals surface area contributed by atoms with Gasteiger partial charge in [-0.3, -0.25) is 4.79 Å². The molecule has 8 nitrogen and oxygen atoms in total. The number of nitrogens with one attached hydrogen (secondary N) is 1. The highest BCUT2D eigenvalue weighted by Crippen LogP contribution is 2.37. The Morgan fingerprint density at radius 1 is 1.23 bits per heavy atom. The van der Waals surface area contributed by atoms with Gasteiger partial charge >= 0.3 is 0 Å². The van der Waals surface area contributed by atoms with E-state index in [0.29, 0.717) is 33.9 Å². The number of benzene rings is 1. The third-order valence-electron chi connectivity index (χ3n) is 5.00. The monoisotopic (exact) mass is 482 g/mol. The molecule has 0 spiro atoms. The highest BCUT2D eigenvalue weighted by molar-refractivity contribution is 7.91. The highest BCUT2D eigenvalue weighted by Gasteiger charge is 2.31. The van der Waals surface area contributed by atoms with Crippen molar-refractivity contribution < 1.29 is 17.9 Å². The number of anilines is 1. The van der Waals surface area contributed by atoms with Crippen LogP contribution in [0.4, 0.5) is 5.82 Å². The number of aromatic nitrogens is 3. The van der Waals surface area contributed by atoms with Crippen LogP contribution in [0.25, 0.3) is 10.9 Å². The van der Waals surface area contributed by atoms with Crippen molar-refractivity contribution >= 4 is 55.7 Å². The second-order valence-corrected chi connectivity index (χ2v) is 10.6. The SMILES string of the molecule is Cc1ccc2c(Cl)cc(Cl)c(OCC(=O)Nc3cc(C)nn3C3CCS(=O)(=O)C3)c2n1. The lowest BCUT2D eigenvalue weighted by molar-refractivity contribution is -0.118. The van der Waals surface area contributed by atoms with Gasteiger partial charge in [0.15, 0.2) is 22.2 Å². The quantitative estimate of drug-likeness (QED) is 0.593. The fourth-order valence-electron chi connectivity index (χ4n) is 3.60. The molecule has 1 N–H and O–H groups in total. The van der Waals surface area contributed by atoms with Gasteiger partial charge in [-0.1, -0.05) is 23.2 Å². The molecule has 3 heterocycles. The zero-order valence-corrected chi connectivity index (χ0v) is 19.2. The van der Waals surface area contributed by atoms with Gasteiger partial charge in [0, 0.05) is 17.1 Å². The van der Waals surface area contributed by atoms with E-state index in [1.54, 1.807) is 23.7 Å². The minimum absolute atomic E-state index is 0.00484. The molecule has 1 amide bonds. The van der Waals surface area contributed by atoms with Crippen LogP contribution >= 0.6 is 23.2 Å². The van der Waals surface area contributed by atoms with Crippen LogP contribution < -0.4 is 10.1 Å². The van der Waals surface area contributed by atoms with E-state index in [1.807, 2.05) is 19.1 Å². The van der Waals surface area contributed by atoms with Gasteiger partial charge in [0.1, 0.15) is 11.3 Å². The Bertz CT molecular complexity index is 1290. The molecule has 0 saturated carbocycles. The maximum absolute atomic E-state index is 12.6. The number of fused-ring (bicyclic) bond motifs is 1. The van der Waals surface area contributed by atoms with E-state index in [9.17, 15) is 13.2 Å². The van der Waals surface area contributed by atoms with Crippen LogP contribution in [-0.2, 0) is 14.6 Å². The summed E-state index contributed by atoms with van der Waals surface area (Å²) in [6.45, 7) is 3.29. The first kappa shape index (κ1) is 21.9. The number of carbonyl (C=O) groups is 1. The molecule has 0 bridgehead atoms. The summed E-state index contributed by atoms with van der Waals surface area (Å²) in [5, 5.41) is 8.46. The molecule has 0 radical (unpaired) electrons. The van der Waals surface area contributed by atoms with Crippen LogP contribution in [0.5, 0.6) is 5.75 Å². The summed E-state index contributed by atoms with van der Waals surface area (Å²) in [6, 6.07) is 6.58. The van der Waals surface area contributed by atoms with Gasteiger partial charge in [-0.05, 0) is 38.5 Å². The van der Waals surface area contributed by atoms with Crippen molar-refractivity contribution in [2.45, 2.75) is 26.3 Å². The highest BCUT2D eigenvalue weighted by atomic mass is 35.5. The molecule has 1 fully saturated rings. The van der Waals surface area contributed by atoms with Crippen LogP contribution in [0.15, 0.2) is 24.3 Å². The number of carbonyl (C=O) groups excluding carboxylic acids is 1. The molecule has 1 aromatic carbocycles. The van der Waals surface area contributed by atoms with Gasteiger partial charge in [0.25, 0.3) is 5.91 Å². The van der Waals surface area contributed by atoms with Crippen LogP contribution in [-0.4, -0.2) is 47.2 Å². The van der Waals surface area contributed by atoms with Crippen molar-refractivity contribution in [2.75, 3.05) is 23.4 Å². The Labute approximate surface area is 189 Å². The van der Waals surface area contributed by atoms with Gasteiger partial charge in [0.05, 0.1) is 33.3 Å². The molecule has 164 valence electrons. The van der Waals surface area contributed by atoms with Crippen molar-refractivity contribution in [2.24, 2.45) is 0 Å². The summed E-state index contributed by atoms with van der Waals surface area (Å²) >= 11 is 12.5. The molecular formula is C20H20Cl2N4O4S. The van der Waals surface area contributed by atoms with E-state index >= 15 is 0 Å².